The molecule has 9 heteroatoms. The number of hydrazone groups is 1. The maximum atomic E-state index is 13.2. The number of benzene rings is 3. The Hall–Kier alpha value is -3.75. The molecule has 6 nitrogen and oxygen atoms in total. The van der Waals surface area contributed by atoms with Crippen LogP contribution in [0.2, 0.25) is 0 Å². The van der Waals surface area contributed by atoms with E-state index in [2.05, 4.69) is 15.5 Å². The topological polar surface area (TPSA) is 104 Å². The molecule has 0 heterocycles. The van der Waals surface area contributed by atoms with E-state index in [1.54, 1.807) is 31.2 Å². The summed E-state index contributed by atoms with van der Waals surface area (Å²) in [5.41, 5.74) is 9.32. The number of nitrogens with one attached hydrogen (secondary N) is 2. The number of hydrogen-bond acceptors (Lipinski definition) is 4. The van der Waals surface area contributed by atoms with Crippen LogP contribution in [0.25, 0.3) is 21.9 Å². The molecule has 30 heavy (non-hydrogen) atoms. The van der Waals surface area contributed by atoms with Crippen molar-refractivity contribution in [2.75, 3.05) is 6.93 Å². The molecule has 0 fully saturated rings. The van der Waals surface area contributed by atoms with Gasteiger partial charge in [-0.2, -0.15) is 5.10 Å². The molecule has 4 N–H and O–H groups in total. The summed E-state index contributed by atoms with van der Waals surface area (Å²) in [5, 5.41) is 11.1. The number of amides is 1. The van der Waals surface area contributed by atoms with Crippen molar-refractivity contribution in [1.29, 1.82) is 5.53 Å². The van der Waals surface area contributed by atoms with Gasteiger partial charge in [-0.3, -0.25) is 4.79 Å². The van der Waals surface area contributed by atoms with Crippen molar-refractivity contribution in [3.63, 3.8) is 0 Å². The van der Waals surface area contributed by atoms with E-state index in [1.165, 1.54) is 12.1 Å². The molecule has 0 aliphatic carbocycles. The molecule has 0 spiro atoms. The van der Waals surface area contributed by atoms with Crippen molar-refractivity contribution in [2.24, 2.45) is 16.1 Å². The van der Waals surface area contributed by atoms with Crippen LogP contribution >= 0.6 is 0 Å². The highest BCUT2D eigenvalue weighted by Gasteiger charge is 2.15. The average molecular weight is 415 g/mol. The number of alkyl halides is 2. The lowest BCUT2D eigenvalue weighted by atomic mass is 9.97. The molecule has 3 rings (SSSR count). The summed E-state index contributed by atoms with van der Waals surface area (Å²) in [7, 11) is 0. The number of carbonyl (C=O) groups excluding carboxylic acids is 1. The van der Waals surface area contributed by atoms with Crippen LogP contribution < -0.4 is 11.2 Å². The maximum Gasteiger partial charge on any atom is 0.251 e. The number of carbonyl (C=O) groups is 1. The fourth-order valence-corrected chi connectivity index (χ4v) is 2.89. The summed E-state index contributed by atoms with van der Waals surface area (Å²) in [5.74, 6) is 4.58. The third kappa shape index (κ3) is 5.40. The number of nitrogens with zero attached hydrogens (tertiary/aromatic N) is 2. The number of amidine groups is 1. The molecule has 0 bridgehead atoms. The second-order valence-corrected chi connectivity index (χ2v) is 6.14. The quantitative estimate of drug-likeness (QED) is 0.184. The van der Waals surface area contributed by atoms with Crippen molar-refractivity contribution in [1.82, 2.24) is 5.32 Å². The van der Waals surface area contributed by atoms with Gasteiger partial charge in [-0.15, -0.1) is 5.11 Å². The van der Waals surface area contributed by atoms with Gasteiger partial charge >= 0.3 is 0 Å². The van der Waals surface area contributed by atoms with Crippen LogP contribution in [0.15, 0.2) is 70.9 Å². The van der Waals surface area contributed by atoms with Crippen molar-refractivity contribution < 1.29 is 18.0 Å². The minimum atomic E-state index is -1.75. The lowest BCUT2D eigenvalue weighted by molar-refractivity contribution is 0.0949. The molecule has 0 saturated heterocycles. The monoisotopic (exact) mass is 415 g/mol. The second kappa shape index (κ2) is 10.7. The van der Waals surface area contributed by atoms with E-state index >= 15 is 0 Å². The van der Waals surface area contributed by atoms with E-state index in [9.17, 15) is 18.0 Å². The molecule has 0 saturated carbocycles. The summed E-state index contributed by atoms with van der Waals surface area (Å²) in [6.07, 6.45) is 0. The fourth-order valence-electron chi connectivity index (χ4n) is 2.89. The molecule has 1 unspecified atom stereocenters. The third-order valence-corrected chi connectivity index (χ3v) is 4.28. The fraction of sp³-hybridized carbons (Fsp3) is 0.143. The van der Waals surface area contributed by atoms with Gasteiger partial charge in [0.2, 0.25) is 6.93 Å². The first kappa shape index (κ1) is 22.5. The molecule has 0 aromatic heterocycles. The number of hydrogen-bond donors (Lipinski definition) is 3. The highest BCUT2D eigenvalue weighted by Crippen LogP contribution is 2.29. The van der Waals surface area contributed by atoms with Crippen LogP contribution in [0, 0.1) is 11.3 Å². The summed E-state index contributed by atoms with van der Waals surface area (Å²) in [4.78, 5) is 12.5. The first-order valence-corrected chi connectivity index (χ1v) is 8.81. The zero-order valence-corrected chi connectivity index (χ0v) is 16.1. The van der Waals surface area contributed by atoms with Crippen LogP contribution in [-0.2, 0) is 0 Å². The minimum Gasteiger partial charge on any atom is -0.342 e. The van der Waals surface area contributed by atoms with Gasteiger partial charge in [-0.1, -0.05) is 36.4 Å². The van der Waals surface area contributed by atoms with E-state index in [0.717, 1.165) is 21.9 Å². The van der Waals surface area contributed by atoms with E-state index in [-0.39, 0.29) is 17.6 Å². The Labute approximate surface area is 171 Å². The minimum absolute atomic E-state index is 0.0303. The predicted octanol–water partition coefficient (Wildman–Crippen LogP) is 4.95. The third-order valence-electron chi connectivity index (χ3n) is 4.28. The Morgan fingerprint density at radius 2 is 1.80 bits per heavy atom. The Morgan fingerprint density at radius 1 is 1.13 bits per heavy atom. The molecule has 0 aliphatic rings. The van der Waals surface area contributed by atoms with Gasteiger partial charge in [-0.25, -0.2) is 18.7 Å². The van der Waals surface area contributed by atoms with Crippen LogP contribution in [0.5, 0.6) is 0 Å². The van der Waals surface area contributed by atoms with E-state index in [0.29, 0.717) is 5.56 Å². The largest absolute Gasteiger partial charge is 0.342 e. The molecular formula is C21H20F3N5O. The molecule has 1 atom stereocenters. The van der Waals surface area contributed by atoms with Gasteiger partial charge in [0.1, 0.15) is 5.82 Å². The van der Waals surface area contributed by atoms with Gasteiger partial charge in [0.15, 0.2) is 5.84 Å². The average Bonchev–Trinajstić information content (AvgIpc) is 2.75. The smallest absolute Gasteiger partial charge is 0.251 e. The Balaban J connectivity index is 0.00000101. The van der Waals surface area contributed by atoms with Crippen molar-refractivity contribution >= 4 is 22.5 Å². The first-order valence-electron chi connectivity index (χ1n) is 8.81. The molecule has 156 valence electrons. The zero-order valence-electron chi connectivity index (χ0n) is 16.1. The summed E-state index contributed by atoms with van der Waals surface area (Å²) in [6.45, 7) is -0.102. The summed E-state index contributed by atoms with van der Waals surface area (Å²) in [6, 6.07) is 16.8. The Kier molecular flexibility index (Phi) is 8.04. The molecule has 3 aromatic rings. The Morgan fingerprint density at radius 3 is 2.40 bits per heavy atom. The van der Waals surface area contributed by atoms with Crippen LogP contribution in [0.4, 0.5) is 13.2 Å². The van der Waals surface area contributed by atoms with Gasteiger partial charge in [0, 0.05) is 5.56 Å². The molecule has 0 aliphatic heterocycles. The molecule has 0 radical (unpaired) electrons. The van der Waals surface area contributed by atoms with E-state index in [4.69, 9.17) is 11.4 Å². The molecular weight excluding hydrogens is 395 g/mol. The van der Waals surface area contributed by atoms with Gasteiger partial charge in [0.25, 0.3) is 5.91 Å². The zero-order chi connectivity index (χ0) is 22.1. The SMILES string of the molecule is CC(NC(=O)c1ccc2c(-c3ccc(F)cc3)cccc2c1)/C(N=N)=N/N.FCF. The van der Waals surface area contributed by atoms with Crippen molar-refractivity contribution in [3.8, 4) is 11.1 Å². The van der Waals surface area contributed by atoms with Gasteiger partial charge < -0.3 is 11.2 Å². The van der Waals surface area contributed by atoms with Gasteiger partial charge in [0.05, 0.1) is 6.04 Å². The van der Waals surface area contributed by atoms with Crippen LogP contribution in [-0.4, -0.2) is 24.7 Å². The van der Waals surface area contributed by atoms with E-state index < -0.39 is 13.0 Å². The highest BCUT2D eigenvalue weighted by atomic mass is 19.3. The van der Waals surface area contributed by atoms with Crippen LogP contribution in [0.1, 0.15) is 17.3 Å². The number of fused-ring (bicyclic) bond motifs is 1. The summed E-state index contributed by atoms with van der Waals surface area (Å²) >= 11 is 0. The van der Waals surface area contributed by atoms with Crippen LogP contribution in [0.3, 0.4) is 0 Å². The number of halogens is 3. The number of nitrogens with two attached hydrogens (primary N) is 1. The second-order valence-electron chi connectivity index (χ2n) is 6.14. The highest BCUT2D eigenvalue weighted by molar-refractivity contribution is 6.04. The number of rotatable bonds is 4. The Bertz CT molecular complexity index is 1050. The standard InChI is InChI=1S/C20H18FN5O.CH2F2/c1-12(19(25-22)26-23)24-20(27)15-7-10-18-14(11-15)3-2-4-17(18)13-5-8-16(21)9-6-13;2-1-3/h2-12,22H,23H2,1H3,(H,24,27);1H2/b25-22?,26-19-;. The van der Waals surface area contributed by atoms with Crippen molar-refractivity contribution in [2.45, 2.75) is 13.0 Å². The lowest BCUT2D eigenvalue weighted by Gasteiger charge is -2.13. The first-order chi connectivity index (χ1) is 14.4. The molecule has 3 aromatic carbocycles. The van der Waals surface area contributed by atoms with Gasteiger partial charge in [-0.05, 0) is 53.1 Å². The van der Waals surface area contributed by atoms with E-state index in [1.807, 2.05) is 24.3 Å². The lowest BCUT2D eigenvalue weighted by Crippen LogP contribution is -2.38. The molecule has 1 amide bonds. The van der Waals surface area contributed by atoms with Crippen molar-refractivity contribution in [3.05, 3.63) is 72.0 Å². The summed E-state index contributed by atoms with van der Waals surface area (Å²) < 4.78 is 32.4. The normalized spacial score (nSPS) is 11.9. The predicted molar refractivity (Wildman–Crippen MR) is 110 cm³/mol. The maximum absolute atomic E-state index is 13.2.